The van der Waals surface area contributed by atoms with Gasteiger partial charge < -0.3 is 9.84 Å². The van der Waals surface area contributed by atoms with Crippen LogP contribution in [-0.4, -0.2) is 24.4 Å². The Morgan fingerprint density at radius 3 is 2.76 bits per heavy atom. The summed E-state index contributed by atoms with van der Waals surface area (Å²) < 4.78 is 5.87. The van der Waals surface area contributed by atoms with E-state index in [0.29, 0.717) is 5.92 Å². The van der Waals surface area contributed by atoms with Crippen LogP contribution in [0.4, 0.5) is 0 Å². The van der Waals surface area contributed by atoms with Crippen LogP contribution in [0.1, 0.15) is 18.9 Å². The van der Waals surface area contributed by atoms with E-state index in [1.54, 1.807) is 0 Å². The zero-order valence-electron chi connectivity index (χ0n) is 12.5. The highest BCUT2D eigenvalue weighted by Gasteiger charge is 2.20. The van der Waals surface area contributed by atoms with Gasteiger partial charge in [-0.2, -0.15) is 0 Å². The summed E-state index contributed by atoms with van der Waals surface area (Å²) in [7, 11) is 0. The molecule has 0 aliphatic carbocycles. The summed E-state index contributed by atoms with van der Waals surface area (Å²) >= 11 is 0. The molecule has 3 rings (SSSR count). The first-order valence-electron chi connectivity index (χ1n) is 7.67. The molecule has 21 heavy (non-hydrogen) atoms. The summed E-state index contributed by atoms with van der Waals surface area (Å²) in [5.41, 5.74) is 2.36. The molecule has 0 saturated heterocycles. The fraction of sp³-hybridized carbons (Fsp3) is 0.368. The maximum absolute atomic E-state index is 9.47. The summed E-state index contributed by atoms with van der Waals surface area (Å²) in [6, 6.07) is 15.0. The van der Waals surface area contributed by atoms with E-state index in [9.17, 15) is 5.11 Å². The molecule has 1 aliphatic rings. The highest BCUT2D eigenvalue weighted by Crippen LogP contribution is 2.23. The van der Waals surface area contributed by atoms with E-state index in [1.165, 1.54) is 16.3 Å². The predicted molar refractivity (Wildman–Crippen MR) is 86.3 cm³/mol. The third-order valence-corrected chi connectivity index (χ3v) is 4.16. The molecule has 1 aliphatic heterocycles. The van der Waals surface area contributed by atoms with Crippen molar-refractivity contribution in [3.63, 3.8) is 0 Å². The van der Waals surface area contributed by atoms with Crippen LogP contribution in [-0.2, 0) is 11.2 Å². The summed E-state index contributed by atoms with van der Waals surface area (Å²) in [5, 5.41) is 12.0. The third-order valence-electron chi connectivity index (χ3n) is 4.16. The fourth-order valence-electron chi connectivity index (χ4n) is 3.01. The number of aryl methyl sites for hydroxylation is 1. The summed E-state index contributed by atoms with van der Waals surface area (Å²) in [5.74, 6) is 0.407. The third kappa shape index (κ3) is 3.34. The number of fused-ring (bicyclic) bond motifs is 1. The first kappa shape index (κ1) is 14.3. The van der Waals surface area contributed by atoms with E-state index in [1.807, 2.05) is 0 Å². The van der Waals surface area contributed by atoms with Gasteiger partial charge in [0.1, 0.15) is 0 Å². The number of hydrogen-bond acceptors (Lipinski definition) is 2. The van der Waals surface area contributed by atoms with E-state index in [-0.39, 0.29) is 12.7 Å². The van der Waals surface area contributed by atoms with Crippen molar-refractivity contribution in [2.75, 3.05) is 13.2 Å². The van der Waals surface area contributed by atoms with Crippen molar-refractivity contribution in [2.45, 2.75) is 25.9 Å². The molecule has 2 nitrogen and oxygen atoms in total. The van der Waals surface area contributed by atoms with Crippen LogP contribution in [0.15, 0.2) is 54.1 Å². The molecule has 0 radical (unpaired) electrons. The molecule has 0 bridgehead atoms. The van der Waals surface area contributed by atoms with Crippen LogP contribution < -0.4 is 0 Å². The molecule has 0 fully saturated rings. The minimum Gasteiger partial charge on any atom is -0.392 e. The minimum absolute atomic E-state index is 0.0673. The van der Waals surface area contributed by atoms with Gasteiger partial charge in [0.15, 0.2) is 0 Å². The van der Waals surface area contributed by atoms with Crippen molar-refractivity contribution in [2.24, 2.45) is 5.92 Å². The van der Waals surface area contributed by atoms with Crippen molar-refractivity contribution < 1.29 is 9.84 Å². The van der Waals surface area contributed by atoms with Gasteiger partial charge in [-0.3, -0.25) is 0 Å². The summed E-state index contributed by atoms with van der Waals surface area (Å²) in [6.45, 7) is 2.98. The van der Waals surface area contributed by atoms with Gasteiger partial charge in [-0.1, -0.05) is 55.5 Å². The number of ether oxygens (including phenoxy) is 1. The molecule has 0 unspecified atom stereocenters. The van der Waals surface area contributed by atoms with Gasteiger partial charge >= 0.3 is 0 Å². The second kappa shape index (κ2) is 6.42. The van der Waals surface area contributed by atoms with Gasteiger partial charge in [0, 0.05) is 0 Å². The van der Waals surface area contributed by atoms with E-state index in [2.05, 4.69) is 55.5 Å². The quantitative estimate of drug-likeness (QED) is 0.866. The van der Waals surface area contributed by atoms with Crippen molar-refractivity contribution in [1.82, 2.24) is 0 Å². The zero-order valence-corrected chi connectivity index (χ0v) is 12.5. The summed E-state index contributed by atoms with van der Waals surface area (Å²) in [6.07, 6.45) is 4.13. The molecule has 1 N–H and O–H groups in total. The van der Waals surface area contributed by atoms with E-state index in [4.69, 9.17) is 4.74 Å². The smallest absolute Gasteiger partial charge is 0.0810 e. The Morgan fingerprint density at radius 2 is 1.95 bits per heavy atom. The molecule has 2 atom stereocenters. The van der Waals surface area contributed by atoms with Crippen LogP contribution in [0.5, 0.6) is 0 Å². The van der Waals surface area contributed by atoms with E-state index in [0.717, 1.165) is 25.0 Å². The second-order valence-corrected chi connectivity index (χ2v) is 5.92. The Labute approximate surface area is 126 Å². The molecule has 0 amide bonds. The van der Waals surface area contributed by atoms with Gasteiger partial charge in [0.2, 0.25) is 0 Å². The van der Waals surface area contributed by atoms with Crippen molar-refractivity contribution in [1.29, 1.82) is 0 Å². The molecular weight excluding hydrogens is 260 g/mol. The number of hydrogen-bond donors (Lipinski definition) is 1. The Bertz CT molecular complexity index is 645. The van der Waals surface area contributed by atoms with Crippen LogP contribution in [0.2, 0.25) is 0 Å². The van der Waals surface area contributed by atoms with Crippen LogP contribution in [0.25, 0.3) is 10.8 Å². The molecule has 0 spiro atoms. The Morgan fingerprint density at radius 1 is 1.14 bits per heavy atom. The summed E-state index contributed by atoms with van der Waals surface area (Å²) in [4.78, 5) is 0. The normalized spacial score (nSPS) is 22.3. The van der Waals surface area contributed by atoms with Crippen molar-refractivity contribution >= 4 is 10.8 Å². The average Bonchev–Trinajstić information content (AvgIpc) is 2.53. The minimum atomic E-state index is 0.0673. The molecule has 110 valence electrons. The lowest BCUT2D eigenvalue weighted by molar-refractivity contribution is 0.0381. The molecule has 1 heterocycles. The molecule has 2 aromatic rings. The van der Waals surface area contributed by atoms with Gasteiger partial charge in [0.25, 0.3) is 0 Å². The van der Waals surface area contributed by atoms with Crippen LogP contribution in [0, 0.1) is 5.92 Å². The Balaban J connectivity index is 1.70. The van der Waals surface area contributed by atoms with Gasteiger partial charge in [-0.25, -0.2) is 0 Å². The lowest BCUT2D eigenvalue weighted by Crippen LogP contribution is -2.27. The van der Waals surface area contributed by atoms with Crippen molar-refractivity contribution in [3.8, 4) is 0 Å². The number of aliphatic hydroxyl groups excluding tert-OH is 1. The maximum atomic E-state index is 9.47. The van der Waals surface area contributed by atoms with E-state index >= 15 is 0 Å². The SMILES string of the molecule is C[C@@H]1C=C(CO)[C@H](CCc2ccc3ccccc3c2)OC1. The second-order valence-electron chi connectivity index (χ2n) is 5.92. The maximum Gasteiger partial charge on any atom is 0.0810 e. The standard InChI is InChI=1S/C19H22O2/c1-14-10-18(12-20)19(21-13-14)9-7-15-6-8-16-4-2-3-5-17(16)11-15/h2-6,8,10-11,14,19-20H,7,9,12-13H2,1H3/t14-,19+/m1/s1. The molecule has 0 saturated carbocycles. The van der Waals surface area contributed by atoms with Crippen LogP contribution in [0.3, 0.4) is 0 Å². The van der Waals surface area contributed by atoms with Crippen molar-refractivity contribution in [3.05, 3.63) is 59.7 Å². The van der Waals surface area contributed by atoms with Gasteiger partial charge in [-0.15, -0.1) is 0 Å². The molecular formula is C19H22O2. The van der Waals surface area contributed by atoms with Gasteiger partial charge in [-0.05, 0) is 40.7 Å². The largest absolute Gasteiger partial charge is 0.392 e. The molecule has 2 aromatic carbocycles. The van der Waals surface area contributed by atoms with E-state index < -0.39 is 0 Å². The molecule has 2 heteroatoms. The number of aliphatic hydroxyl groups is 1. The van der Waals surface area contributed by atoms with Crippen LogP contribution >= 0.6 is 0 Å². The monoisotopic (exact) mass is 282 g/mol. The molecule has 0 aromatic heterocycles. The number of rotatable bonds is 4. The average molecular weight is 282 g/mol. The highest BCUT2D eigenvalue weighted by atomic mass is 16.5. The van der Waals surface area contributed by atoms with Gasteiger partial charge in [0.05, 0.1) is 19.3 Å². The first-order valence-corrected chi connectivity index (χ1v) is 7.67. The first-order chi connectivity index (χ1) is 10.3. The number of benzene rings is 2. The highest BCUT2D eigenvalue weighted by molar-refractivity contribution is 5.82. The zero-order chi connectivity index (χ0) is 14.7. The lowest BCUT2D eigenvalue weighted by Gasteiger charge is -2.27. The topological polar surface area (TPSA) is 29.5 Å². The Kier molecular flexibility index (Phi) is 4.37. The predicted octanol–water partition coefficient (Wildman–Crippen LogP) is 3.73. The lowest BCUT2D eigenvalue weighted by atomic mass is 9.95. The fourth-order valence-corrected chi connectivity index (χ4v) is 3.01. The Hall–Kier alpha value is -1.64.